The van der Waals surface area contributed by atoms with Crippen LogP contribution in [0.4, 0.5) is 0 Å². The third kappa shape index (κ3) is 7.54. The van der Waals surface area contributed by atoms with Crippen molar-refractivity contribution in [2.24, 2.45) is 0 Å². The number of carbonyl (C=O) groups excluding carboxylic acids is 2. The molecule has 184 valence electrons. The van der Waals surface area contributed by atoms with Gasteiger partial charge in [-0.3, -0.25) is 9.59 Å². The Morgan fingerprint density at radius 3 is 2.11 bits per heavy atom. The van der Waals surface area contributed by atoms with Gasteiger partial charge in [0.05, 0.1) is 6.42 Å². The molecule has 4 nitrogen and oxygen atoms in total. The Bertz CT molecular complexity index is 1120. The minimum Gasteiger partial charge on any atom is -0.352 e. The average Bonchev–Trinajstić information content (AvgIpc) is 2.82. The molecule has 3 aromatic carbocycles. The SMILES string of the molecule is CC[C@H](C)NC(=O)[C@@H](Cc1ccccc1)N(Cc1ccccc1C)C(=O)Cc1cc(C)cc(C)c1. The van der Waals surface area contributed by atoms with Crippen LogP contribution in [-0.2, 0) is 29.0 Å². The minimum atomic E-state index is -0.607. The molecule has 0 saturated heterocycles. The number of nitrogens with one attached hydrogen (secondary N) is 1. The van der Waals surface area contributed by atoms with Crippen molar-refractivity contribution in [3.05, 3.63) is 106 Å². The van der Waals surface area contributed by atoms with Crippen molar-refractivity contribution in [1.82, 2.24) is 10.2 Å². The summed E-state index contributed by atoms with van der Waals surface area (Å²) in [4.78, 5) is 29.3. The van der Waals surface area contributed by atoms with E-state index in [1.165, 1.54) is 0 Å². The van der Waals surface area contributed by atoms with Crippen LogP contribution >= 0.6 is 0 Å². The van der Waals surface area contributed by atoms with Gasteiger partial charge in [-0.25, -0.2) is 0 Å². The van der Waals surface area contributed by atoms with Crippen LogP contribution in [0.15, 0.2) is 72.8 Å². The van der Waals surface area contributed by atoms with Gasteiger partial charge in [-0.15, -0.1) is 0 Å². The molecule has 1 N–H and O–H groups in total. The summed E-state index contributed by atoms with van der Waals surface area (Å²) in [6, 6.07) is 23.7. The lowest BCUT2D eigenvalue weighted by Crippen LogP contribution is -2.52. The summed E-state index contributed by atoms with van der Waals surface area (Å²) in [7, 11) is 0. The molecule has 0 aliphatic rings. The predicted molar refractivity (Wildman–Crippen MR) is 143 cm³/mol. The van der Waals surface area contributed by atoms with E-state index in [0.29, 0.717) is 13.0 Å². The molecule has 0 unspecified atom stereocenters. The number of nitrogens with zero attached hydrogens (tertiary/aromatic N) is 1. The van der Waals surface area contributed by atoms with Crippen LogP contribution < -0.4 is 5.32 Å². The van der Waals surface area contributed by atoms with Gasteiger partial charge in [0.2, 0.25) is 11.8 Å². The summed E-state index contributed by atoms with van der Waals surface area (Å²) in [5, 5.41) is 3.13. The zero-order valence-electron chi connectivity index (χ0n) is 21.7. The Balaban J connectivity index is 2.00. The quantitative estimate of drug-likeness (QED) is 0.413. The van der Waals surface area contributed by atoms with Crippen molar-refractivity contribution < 1.29 is 9.59 Å². The highest BCUT2D eigenvalue weighted by molar-refractivity contribution is 5.89. The first-order chi connectivity index (χ1) is 16.8. The number of hydrogen-bond donors (Lipinski definition) is 1. The highest BCUT2D eigenvalue weighted by Gasteiger charge is 2.31. The Morgan fingerprint density at radius 1 is 0.857 bits per heavy atom. The maximum atomic E-state index is 13.9. The topological polar surface area (TPSA) is 49.4 Å². The molecule has 4 heteroatoms. The molecule has 0 radical (unpaired) electrons. The highest BCUT2D eigenvalue weighted by Crippen LogP contribution is 2.19. The molecule has 0 spiro atoms. The number of aryl methyl sites for hydroxylation is 3. The first-order valence-electron chi connectivity index (χ1n) is 12.5. The Hall–Kier alpha value is -3.40. The maximum Gasteiger partial charge on any atom is 0.243 e. The van der Waals surface area contributed by atoms with E-state index in [0.717, 1.165) is 39.8 Å². The third-order valence-corrected chi connectivity index (χ3v) is 6.51. The molecule has 2 amide bonds. The van der Waals surface area contributed by atoms with E-state index < -0.39 is 6.04 Å². The Labute approximate surface area is 210 Å². The third-order valence-electron chi connectivity index (χ3n) is 6.51. The van der Waals surface area contributed by atoms with E-state index in [2.05, 4.69) is 23.5 Å². The second-order valence-electron chi connectivity index (χ2n) is 9.64. The summed E-state index contributed by atoms with van der Waals surface area (Å²) in [5.74, 6) is -0.149. The standard InChI is InChI=1S/C31H38N2O2/c1-6-25(5)32-31(35)29(19-26-13-8-7-9-14-26)33(21-28-15-11-10-12-24(28)4)30(34)20-27-17-22(2)16-23(3)18-27/h7-18,25,29H,6,19-21H2,1-5H3,(H,32,35)/t25-,29+/m0/s1. The van der Waals surface area contributed by atoms with Crippen LogP contribution in [0.25, 0.3) is 0 Å². The second kappa shape index (κ2) is 12.3. The fraction of sp³-hybridized carbons (Fsp3) is 0.355. The van der Waals surface area contributed by atoms with Crippen molar-refractivity contribution in [1.29, 1.82) is 0 Å². The summed E-state index contributed by atoms with van der Waals surface area (Å²) < 4.78 is 0. The molecule has 2 atom stereocenters. The average molecular weight is 471 g/mol. The maximum absolute atomic E-state index is 13.9. The summed E-state index contributed by atoms with van der Waals surface area (Å²) in [6.45, 7) is 10.6. The molecule has 0 bridgehead atoms. The lowest BCUT2D eigenvalue weighted by molar-refractivity contribution is -0.141. The van der Waals surface area contributed by atoms with Gasteiger partial charge in [-0.05, 0) is 56.4 Å². The van der Waals surface area contributed by atoms with E-state index >= 15 is 0 Å². The number of rotatable bonds is 10. The molecule has 0 aliphatic heterocycles. The monoisotopic (exact) mass is 470 g/mol. The van der Waals surface area contributed by atoms with Crippen LogP contribution in [0.3, 0.4) is 0 Å². The van der Waals surface area contributed by atoms with Crippen LogP contribution in [0.2, 0.25) is 0 Å². The van der Waals surface area contributed by atoms with Gasteiger partial charge >= 0.3 is 0 Å². The minimum absolute atomic E-state index is 0.0376. The molecule has 0 heterocycles. The van der Waals surface area contributed by atoms with E-state index in [-0.39, 0.29) is 24.3 Å². The first kappa shape index (κ1) is 26.2. The Morgan fingerprint density at radius 2 is 1.49 bits per heavy atom. The van der Waals surface area contributed by atoms with Gasteiger partial charge in [0.25, 0.3) is 0 Å². The lowest BCUT2D eigenvalue weighted by atomic mass is 9.99. The molecule has 0 fully saturated rings. The van der Waals surface area contributed by atoms with E-state index in [9.17, 15) is 9.59 Å². The lowest BCUT2D eigenvalue weighted by Gasteiger charge is -2.33. The van der Waals surface area contributed by atoms with E-state index in [1.54, 1.807) is 4.90 Å². The molecular formula is C31H38N2O2. The molecular weight excluding hydrogens is 432 g/mol. The van der Waals surface area contributed by atoms with Gasteiger partial charge in [0.15, 0.2) is 0 Å². The summed E-state index contributed by atoms with van der Waals surface area (Å²) in [5.41, 5.74) is 6.43. The second-order valence-corrected chi connectivity index (χ2v) is 9.64. The van der Waals surface area contributed by atoms with Crippen molar-refractivity contribution in [2.45, 2.75) is 72.5 Å². The molecule has 3 rings (SSSR count). The fourth-order valence-electron chi connectivity index (χ4n) is 4.41. The summed E-state index contributed by atoms with van der Waals surface area (Å²) >= 11 is 0. The highest BCUT2D eigenvalue weighted by atomic mass is 16.2. The van der Waals surface area contributed by atoms with Crippen LogP contribution in [-0.4, -0.2) is 28.8 Å². The Kier molecular flexibility index (Phi) is 9.25. The normalized spacial score (nSPS) is 12.6. The molecule has 35 heavy (non-hydrogen) atoms. The molecule has 3 aromatic rings. The number of hydrogen-bond acceptors (Lipinski definition) is 2. The smallest absolute Gasteiger partial charge is 0.243 e. The van der Waals surface area contributed by atoms with Gasteiger partial charge in [0, 0.05) is 19.0 Å². The van der Waals surface area contributed by atoms with Crippen molar-refractivity contribution in [3.63, 3.8) is 0 Å². The van der Waals surface area contributed by atoms with Crippen LogP contribution in [0, 0.1) is 20.8 Å². The molecule has 0 aliphatic carbocycles. The zero-order chi connectivity index (χ0) is 25.4. The number of carbonyl (C=O) groups is 2. The van der Waals surface area contributed by atoms with Gasteiger partial charge in [0.1, 0.15) is 6.04 Å². The number of amides is 2. The van der Waals surface area contributed by atoms with Crippen molar-refractivity contribution in [3.8, 4) is 0 Å². The summed E-state index contributed by atoms with van der Waals surface area (Å²) in [6.07, 6.45) is 1.56. The largest absolute Gasteiger partial charge is 0.352 e. The van der Waals surface area contributed by atoms with E-state index in [1.807, 2.05) is 89.2 Å². The van der Waals surface area contributed by atoms with Crippen LogP contribution in [0.1, 0.15) is 53.6 Å². The van der Waals surface area contributed by atoms with Gasteiger partial charge in [-0.2, -0.15) is 0 Å². The number of benzene rings is 3. The van der Waals surface area contributed by atoms with Gasteiger partial charge < -0.3 is 10.2 Å². The zero-order valence-corrected chi connectivity index (χ0v) is 21.7. The van der Waals surface area contributed by atoms with Gasteiger partial charge in [-0.1, -0.05) is 90.8 Å². The van der Waals surface area contributed by atoms with Crippen molar-refractivity contribution in [2.75, 3.05) is 0 Å². The predicted octanol–water partition coefficient (Wildman–Crippen LogP) is 5.71. The first-order valence-corrected chi connectivity index (χ1v) is 12.5. The fourth-order valence-corrected chi connectivity index (χ4v) is 4.41. The molecule has 0 aromatic heterocycles. The van der Waals surface area contributed by atoms with Crippen molar-refractivity contribution >= 4 is 11.8 Å². The van der Waals surface area contributed by atoms with E-state index in [4.69, 9.17) is 0 Å². The van der Waals surface area contributed by atoms with Crippen LogP contribution in [0.5, 0.6) is 0 Å². The molecule has 0 saturated carbocycles.